The predicted molar refractivity (Wildman–Crippen MR) is 90.7 cm³/mol. The highest BCUT2D eigenvalue weighted by molar-refractivity contribution is 5.87. The molecule has 0 spiro atoms. The van der Waals surface area contributed by atoms with E-state index in [1.807, 2.05) is 29.2 Å². The van der Waals surface area contributed by atoms with Crippen LogP contribution in [0.2, 0.25) is 0 Å². The average molecular weight is 331 g/mol. The van der Waals surface area contributed by atoms with Gasteiger partial charge in [-0.2, -0.15) is 0 Å². The largest absolute Gasteiger partial charge is 0.496 e. The van der Waals surface area contributed by atoms with Gasteiger partial charge >= 0.3 is 0 Å². The van der Waals surface area contributed by atoms with Gasteiger partial charge in [-0.3, -0.25) is 14.5 Å². The molecule has 0 radical (unpaired) electrons. The maximum atomic E-state index is 12.6. The van der Waals surface area contributed by atoms with E-state index in [9.17, 15) is 9.59 Å². The maximum absolute atomic E-state index is 12.6. The molecule has 0 aromatic heterocycles. The molecule has 2 atom stereocenters. The summed E-state index contributed by atoms with van der Waals surface area (Å²) < 4.78 is 5.44. The molecule has 0 unspecified atom stereocenters. The lowest BCUT2D eigenvalue weighted by atomic mass is 10.0. The van der Waals surface area contributed by atoms with Crippen LogP contribution in [0.5, 0.6) is 5.75 Å². The molecule has 1 aromatic rings. The van der Waals surface area contributed by atoms with Crippen molar-refractivity contribution in [3.8, 4) is 5.75 Å². The van der Waals surface area contributed by atoms with E-state index in [1.54, 1.807) is 14.2 Å². The molecule has 2 N–H and O–H groups in total. The average Bonchev–Trinajstić information content (AvgIpc) is 3.29. The van der Waals surface area contributed by atoms with Gasteiger partial charge in [-0.25, -0.2) is 0 Å². The van der Waals surface area contributed by atoms with Crippen molar-refractivity contribution in [3.63, 3.8) is 0 Å². The molecule has 2 amide bonds. The standard InChI is InChI=1S/C18H25N3O3/c1-19-18(23)16(13-6-3-4-8-15(13)24-2)21-11-5-7-14(21)17(22)20-12-9-10-12/h3-4,6,8,12,14,16H,5,7,9-11H2,1-2H3,(H,19,23)(H,20,22)/t14-,16+/m0/s1. The number of amides is 2. The molecule has 1 aliphatic heterocycles. The number of nitrogens with one attached hydrogen (secondary N) is 2. The van der Waals surface area contributed by atoms with Crippen molar-refractivity contribution >= 4 is 11.8 Å². The van der Waals surface area contributed by atoms with Gasteiger partial charge < -0.3 is 15.4 Å². The van der Waals surface area contributed by atoms with Crippen LogP contribution in [0.15, 0.2) is 24.3 Å². The first kappa shape index (κ1) is 16.8. The third-order valence-corrected chi connectivity index (χ3v) is 4.78. The molecule has 130 valence electrons. The molecule has 3 rings (SSSR count). The Bertz CT molecular complexity index is 615. The number of methoxy groups -OCH3 is 1. The van der Waals surface area contributed by atoms with Crippen molar-refractivity contribution in [2.45, 2.75) is 43.8 Å². The summed E-state index contributed by atoms with van der Waals surface area (Å²) in [5.74, 6) is 0.587. The van der Waals surface area contributed by atoms with Crippen LogP contribution < -0.4 is 15.4 Å². The zero-order valence-electron chi connectivity index (χ0n) is 14.2. The number of nitrogens with zero attached hydrogens (tertiary/aromatic N) is 1. The molecular weight excluding hydrogens is 306 g/mol. The molecule has 24 heavy (non-hydrogen) atoms. The Morgan fingerprint density at radius 3 is 2.67 bits per heavy atom. The van der Waals surface area contributed by atoms with Crippen molar-refractivity contribution in [2.24, 2.45) is 0 Å². The van der Waals surface area contributed by atoms with Gasteiger partial charge in [-0.05, 0) is 31.7 Å². The SMILES string of the molecule is CNC(=O)[C@@H](c1ccccc1OC)N1CCC[C@H]1C(=O)NC1CC1. The summed E-state index contributed by atoms with van der Waals surface area (Å²) in [5, 5.41) is 5.81. The van der Waals surface area contributed by atoms with Gasteiger partial charge in [0.15, 0.2) is 0 Å². The van der Waals surface area contributed by atoms with Crippen molar-refractivity contribution in [1.29, 1.82) is 0 Å². The minimum absolute atomic E-state index is 0.0406. The Morgan fingerprint density at radius 2 is 2.00 bits per heavy atom. The van der Waals surface area contributed by atoms with E-state index in [0.717, 1.165) is 37.8 Å². The van der Waals surface area contributed by atoms with Gasteiger partial charge in [0.25, 0.3) is 0 Å². The van der Waals surface area contributed by atoms with E-state index >= 15 is 0 Å². The summed E-state index contributed by atoms with van der Waals surface area (Å²) in [7, 11) is 3.22. The van der Waals surface area contributed by atoms with Gasteiger partial charge in [0, 0.05) is 25.2 Å². The number of carbonyl (C=O) groups is 2. The third kappa shape index (κ3) is 3.38. The molecule has 2 fully saturated rings. The monoisotopic (exact) mass is 331 g/mol. The molecule has 1 heterocycles. The number of hydrogen-bond donors (Lipinski definition) is 2. The smallest absolute Gasteiger partial charge is 0.241 e. The van der Waals surface area contributed by atoms with E-state index in [-0.39, 0.29) is 17.9 Å². The van der Waals surface area contributed by atoms with E-state index in [2.05, 4.69) is 10.6 Å². The quantitative estimate of drug-likeness (QED) is 0.822. The second-order valence-electron chi connectivity index (χ2n) is 6.44. The van der Waals surface area contributed by atoms with Gasteiger partial charge in [0.1, 0.15) is 11.8 Å². The summed E-state index contributed by atoms with van der Waals surface area (Å²) in [6, 6.07) is 7.05. The van der Waals surface area contributed by atoms with E-state index in [4.69, 9.17) is 4.74 Å². The Morgan fingerprint density at radius 1 is 1.25 bits per heavy atom. The fraction of sp³-hybridized carbons (Fsp3) is 0.556. The number of rotatable bonds is 6. The maximum Gasteiger partial charge on any atom is 0.241 e. The highest BCUT2D eigenvalue weighted by Gasteiger charge is 2.41. The number of likely N-dealkylation sites (tertiary alicyclic amines) is 1. The number of carbonyl (C=O) groups excluding carboxylic acids is 2. The van der Waals surface area contributed by atoms with E-state index < -0.39 is 6.04 Å². The minimum atomic E-state index is -0.524. The zero-order valence-corrected chi connectivity index (χ0v) is 14.2. The molecule has 1 saturated carbocycles. The topological polar surface area (TPSA) is 70.7 Å². The minimum Gasteiger partial charge on any atom is -0.496 e. The highest BCUT2D eigenvalue weighted by Crippen LogP contribution is 2.35. The van der Waals surface area contributed by atoms with Crippen molar-refractivity contribution < 1.29 is 14.3 Å². The van der Waals surface area contributed by atoms with Gasteiger partial charge in [-0.15, -0.1) is 0 Å². The van der Waals surface area contributed by atoms with Crippen LogP contribution in [0, 0.1) is 0 Å². The summed E-state index contributed by atoms with van der Waals surface area (Å²) in [6.45, 7) is 0.721. The summed E-state index contributed by atoms with van der Waals surface area (Å²) >= 11 is 0. The Kier molecular flexibility index (Phi) is 5.04. The molecule has 6 heteroatoms. The van der Waals surface area contributed by atoms with Gasteiger partial charge in [-0.1, -0.05) is 18.2 Å². The molecule has 1 aliphatic carbocycles. The second kappa shape index (κ2) is 7.21. The van der Waals surface area contributed by atoms with Gasteiger partial charge in [0.2, 0.25) is 11.8 Å². The molecule has 2 aliphatic rings. The van der Waals surface area contributed by atoms with Crippen LogP contribution in [0.1, 0.15) is 37.3 Å². The normalized spacial score (nSPS) is 22.0. The predicted octanol–water partition coefficient (Wildman–Crippen LogP) is 1.23. The molecule has 1 saturated heterocycles. The zero-order chi connectivity index (χ0) is 17.1. The summed E-state index contributed by atoms with van der Waals surface area (Å²) in [4.78, 5) is 27.2. The number of hydrogen-bond acceptors (Lipinski definition) is 4. The number of para-hydroxylation sites is 1. The van der Waals surface area contributed by atoms with Crippen LogP contribution in [0.4, 0.5) is 0 Å². The van der Waals surface area contributed by atoms with Crippen LogP contribution in [0.3, 0.4) is 0 Å². The van der Waals surface area contributed by atoms with Crippen LogP contribution in [-0.2, 0) is 9.59 Å². The first-order valence-corrected chi connectivity index (χ1v) is 8.56. The highest BCUT2D eigenvalue weighted by atomic mass is 16.5. The summed E-state index contributed by atoms with van der Waals surface area (Å²) in [6.07, 6.45) is 3.81. The first-order chi connectivity index (χ1) is 11.7. The van der Waals surface area contributed by atoms with E-state index in [0.29, 0.717) is 11.8 Å². The van der Waals surface area contributed by atoms with Crippen molar-refractivity contribution in [3.05, 3.63) is 29.8 Å². The first-order valence-electron chi connectivity index (χ1n) is 8.56. The van der Waals surface area contributed by atoms with E-state index in [1.165, 1.54) is 0 Å². The fourth-order valence-corrected chi connectivity index (χ4v) is 3.40. The van der Waals surface area contributed by atoms with Crippen LogP contribution in [0.25, 0.3) is 0 Å². The molecule has 1 aromatic carbocycles. The van der Waals surface area contributed by atoms with Crippen molar-refractivity contribution in [2.75, 3.05) is 20.7 Å². The number of ether oxygens (including phenoxy) is 1. The Hall–Kier alpha value is -2.08. The molecule has 6 nitrogen and oxygen atoms in total. The molecule has 0 bridgehead atoms. The van der Waals surface area contributed by atoms with Crippen molar-refractivity contribution in [1.82, 2.24) is 15.5 Å². The third-order valence-electron chi connectivity index (χ3n) is 4.78. The lowest BCUT2D eigenvalue weighted by Gasteiger charge is -2.32. The fourth-order valence-electron chi connectivity index (χ4n) is 3.40. The lowest BCUT2D eigenvalue weighted by Crippen LogP contribution is -2.49. The number of likely N-dealkylation sites (N-methyl/N-ethyl adjacent to an activating group) is 1. The Labute approximate surface area is 142 Å². The second-order valence-corrected chi connectivity index (χ2v) is 6.44. The lowest BCUT2D eigenvalue weighted by molar-refractivity contribution is -0.131. The molecular formula is C18H25N3O3. The Balaban J connectivity index is 1.89. The number of benzene rings is 1. The van der Waals surface area contributed by atoms with Crippen LogP contribution >= 0.6 is 0 Å². The van der Waals surface area contributed by atoms with Gasteiger partial charge in [0.05, 0.1) is 13.2 Å². The van der Waals surface area contributed by atoms with Crippen LogP contribution in [-0.4, -0.2) is 49.5 Å². The summed E-state index contributed by atoms with van der Waals surface area (Å²) in [5.41, 5.74) is 0.797.